The van der Waals surface area contributed by atoms with Gasteiger partial charge in [-0.1, -0.05) is 22.0 Å². The monoisotopic (exact) mass is 381 g/mol. The summed E-state index contributed by atoms with van der Waals surface area (Å²) in [5.74, 6) is 0. The summed E-state index contributed by atoms with van der Waals surface area (Å²) >= 11 is 6.59. The zero-order valence-electron chi connectivity index (χ0n) is 9.33. The van der Waals surface area contributed by atoms with E-state index in [1.165, 1.54) is 0 Å². The molecule has 0 atom stereocenters. The van der Waals surface area contributed by atoms with Crippen LogP contribution in [0, 0.1) is 6.92 Å². The fourth-order valence-electron chi connectivity index (χ4n) is 1.21. The maximum absolute atomic E-state index is 12.0. The van der Waals surface area contributed by atoms with E-state index in [1.807, 2.05) is 6.92 Å². The van der Waals surface area contributed by atoms with Crippen LogP contribution in [0.1, 0.15) is 12.0 Å². The average molecular weight is 383 g/mol. The lowest BCUT2D eigenvalue weighted by molar-refractivity contribution is 0.581. The minimum absolute atomic E-state index is 0.235. The standard InChI is InChI=1S/C11H13Br2NO2S/c1-3-4-5-14-17(15,16)11-7-9(12)8(2)6-10(11)13/h3,6-7,14H,1,4-5H2,2H3. The number of sulfonamides is 1. The first-order valence-corrected chi connectivity index (χ1v) is 8.01. The largest absolute Gasteiger partial charge is 0.241 e. The van der Waals surface area contributed by atoms with Gasteiger partial charge in [-0.05, 0) is 47.0 Å². The van der Waals surface area contributed by atoms with E-state index in [0.29, 0.717) is 17.4 Å². The van der Waals surface area contributed by atoms with Gasteiger partial charge in [0.25, 0.3) is 0 Å². The van der Waals surface area contributed by atoms with Crippen molar-refractivity contribution in [2.45, 2.75) is 18.2 Å². The minimum Gasteiger partial charge on any atom is -0.211 e. The molecular formula is C11H13Br2NO2S. The van der Waals surface area contributed by atoms with Crippen molar-refractivity contribution in [3.05, 3.63) is 39.3 Å². The van der Waals surface area contributed by atoms with Crippen LogP contribution in [-0.2, 0) is 10.0 Å². The lowest BCUT2D eigenvalue weighted by atomic mass is 10.2. The summed E-state index contributed by atoms with van der Waals surface area (Å²) in [6, 6.07) is 3.36. The molecule has 0 aliphatic heterocycles. The Morgan fingerprint density at radius 3 is 2.59 bits per heavy atom. The Morgan fingerprint density at radius 1 is 1.35 bits per heavy atom. The van der Waals surface area contributed by atoms with Crippen LogP contribution in [0.5, 0.6) is 0 Å². The lowest BCUT2D eigenvalue weighted by Crippen LogP contribution is -2.24. The van der Waals surface area contributed by atoms with Crippen molar-refractivity contribution in [1.29, 1.82) is 0 Å². The van der Waals surface area contributed by atoms with Gasteiger partial charge in [0.2, 0.25) is 10.0 Å². The van der Waals surface area contributed by atoms with Crippen molar-refractivity contribution < 1.29 is 8.42 Å². The van der Waals surface area contributed by atoms with E-state index in [9.17, 15) is 8.42 Å². The highest BCUT2D eigenvalue weighted by atomic mass is 79.9. The molecule has 17 heavy (non-hydrogen) atoms. The van der Waals surface area contributed by atoms with Crippen molar-refractivity contribution in [3.63, 3.8) is 0 Å². The van der Waals surface area contributed by atoms with Crippen LogP contribution in [0.15, 0.2) is 38.6 Å². The van der Waals surface area contributed by atoms with Crippen LogP contribution in [0.25, 0.3) is 0 Å². The second-order valence-corrected chi connectivity index (χ2v) is 6.95. The molecule has 0 saturated carbocycles. The smallest absolute Gasteiger partial charge is 0.211 e. The number of hydrogen-bond donors (Lipinski definition) is 1. The number of aryl methyl sites for hydroxylation is 1. The highest BCUT2D eigenvalue weighted by molar-refractivity contribution is 9.11. The molecule has 0 aromatic heterocycles. The summed E-state index contributed by atoms with van der Waals surface area (Å²) < 4.78 is 27.8. The Bertz CT molecular complexity index is 527. The van der Waals surface area contributed by atoms with Crippen LogP contribution >= 0.6 is 31.9 Å². The molecule has 0 amide bonds. The molecule has 1 aromatic carbocycles. The van der Waals surface area contributed by atoms with Gasteiger partial charge in [-0.25, -0.2) is 13.1 Å². The first-order chi connectivity index (χ1) is 7.88. The third kappa shape index (κ3) is 3.91. The van der Waals surface area contributed by atoms with Crippen molar-refractivity contribution in [1.82, 2.24) is 4.72 Å². The van der Waals surface area contributed by atoms with Crippen LogP contribution in [0.4, 0.5) is 0 Å². The second kappa shape index (κ2) is 6.13. The summed E-state index contributed by atoms with van der Waals surface area (Å²) in [6.45, 7) is 5.79. The minimum atomic E-state index is -3.48. The molecule has 0 unspecified atom stereocenters. The number of rotatable bonds is 5. The van der Waals surface area contributed by atoms with Crippen LogP contribution in [-0.4, -0.2) is 15.0 Å². The summed E-state index contributed by atoms with van der Waals surface area (Å²) in [6.07, 6.45) is 2.27. The average Bonchev–Trinajstić information content (AvgIpc) is 2.23. The molecule has 1 rings (SSSR count). The van der Waals surface area contributed by atoms with E-state index < -0.39 is 10.0 Å². The molecule has 0 radical (unpaired) electrons. The van der Waals surface area contributed by atoms with E-state index in [4.69, 9.17) is 0 Å². The van der Waals surface area contributed by atoms with Gasteiger partial charge in [-0.3, -0.25) is 0 Å². The van der Waals surface area contributed by atoms with E-state index in [-0.39, 0.29) is 4.90 Å². The Hall–Kier alpha value is -0.170. The third-order valence-electron chi connectivity index (χ3n) is 2.14. The second-order valence-electron chi connectivity index (χ2n) is 3.51. The molecule has 6 heteroatoms. The van der Waals surface area contributed by atoms with E-state index in [1.54, 1.807) is 18.2 Å². The van der Waals surface area contributed by atoms with Crippen molar-refractivity contribution in [3.8, 4) is 0 Å². The number of hydrogen-bond acceptors (Lipinski definition) is 2. The van der Waals surface area contributed by atoms with Crippen LogP contribution in [0.2, 0.25) is 0 Å². The fraction of sp³-hybridized carbons (Fsp3) is 0.273. The molecule has 0 saturated heterocycles. The third-order valence-corrected chi connectivity index (χ3v) is 5.42. The molecule has 1 aromatic rings. The van der Waals surface area contributed by atoms with Gasteiger partial charge in [-0.2, -0.15) is 0 Å². The van der Waals surface area contributed by atoms with Gasteiger partial charge in [-0.15, -0.1) is 6.58 Å². The predicted octanol–water partition coefficient (Wildman–Crippen LogP) is 3.37. The van der Waals surface area contributed by atoms with Gasteiger partial charge >= 0.3 is 0 Å². The highest BCUT2D eigenvalue weighted by Crippen LogP contribution is 2.28. The Kier molecular flexibility index (Phi) is 5.37. The van der Waals surface area contributed by atoms with Gasteiger partial charge < -0.3 is 0 Å². The number of benzene rings is 1. The SMILES string of the molecule is C=CCCNS(=O)(=O)c1cc(Br)c(C)cc1Br. The molecule has 0 aliphatic carbocycles. The van der Waals surface area contributed by atoms with E-state index in [0.717, 1.165) is 10.0 Å². The van der Waals surface area contributed by atoms with Gasteiger partial charge in [0.1, 0.15) is 0 Å². The fourth-order valence-corrected chi connectivity index (χ4v) is 3.93. The molecule has 0 fully saturated rings. The normalized spacial score (nSPS) is 11.5. The van der Waals surface area contributed by atoms with Crippen LogP contribution < -0.4 is 4.72 Å². The molecule has 0 aliphatic rings. The summed E-state index contributed by atoms with van der Waals surface area (Å²) in [7, 11) is -3.48. The molecule has 94 valence electrons. The Balaban J connectivity index is 3.06. The lowest BCUT2D eigenvalue weighted by Gasteiger charge is -2.09. The topological polar surface area (TPSA) is 46.2 Å². The Labute approximate surface area is 119 Å². The van der Waals surface area contributed by atoms with Gasteiger partial charge in [0.15, 0.2) is 0 Å². The van der Waals surface area contributed by atoms with E-state index >= 15 is 0 Å². The van der Waals surface area contributed by atoms with Crippen LogP contribution in [0.3, 0.4) is 0 Å². The van der Waals surface area contributed by atoms with E-state index in [2.05, 4.69) is 43.2 Å². The summed E-state index contributed by atoms with van der Waals surface area (Å²) in [5.41, 5.74) is 0.974. The molecular weight excluding hydrogens is 370 g/mol. The zero-order chi connectivity index (χ0) is 13.1. The van der Waals surface area contributed by atoms with Crippen molar-refractivity contribution >= 4 is 41.9 Å². The van der Waals surface area contributed by atoms with Gasteiger partial charge in [0, 0.05) is 15.5 Å². The van der Waals surface area contributed by atoms with Crippen molar-refractivity contribution in [2.24, 2.45) is 0 Å². The molecule has 1 N–H and O–H groups in total. The first-order valence-electron chi connectivity index (χ1n) is 4.94. The van der Waals surface area contributed by atoms with Crippen molar-refractivity contribution in [2.75, 3.05) is 6.54 Å². The molecule has 3 nitrogen and oxygen atoms in total. The Morgan fingerprint density at radius 2 is 2.00 bits per heavy atom. The molecule has 0 bridgehead atoms. The highest BCUT2D eigenvalue weighted by Gasteiger charge is 2.18. The summed E-state index contributed by atoms with van der Waals surface area (Å²) in [4.78, 5) is 0.235. The maximum Gasteiger partial charge on any atom is 0.241 e. The summed E-state index contributed by atoms with van der Waals surface area (Å²) in [5, 5.41) is 0. The number of nitrogens with one attached hydrogen (secondary N) is 1. The zero-order valence-corrected chi connectivity index (χ0v) is 13.3. The number of halogens is 2. The molecule has 0 spiro atoms. The maximum atomic E-state index is 12.0. The first kappa shape index (κ1) is 14.9. The van der Waals surface area contributed by atoms with Gasteiger partial charge in [0.05, 0.1) is 4.90 Å². The molecule has 0 heterocycles. The predicted molar refractivity (Wildman–Crippen MR) is 76.6 cm³/mol. The quantitative estimate of drug-likeness (QED) is 0.626.